The van der Waals surface area contributed by atoms with Gasteiger partial charge in [-0.1, -0.05) is 24.3 Å². The van der Waals surface area contributed by atoms with Gasteiger partial charge in [0.15, 0.2) is 0 Å². The third-order valence-electron chi connectivity index (χ3n) is 4.93. The molecule has 1 aliphatic rings. The molecule has 3 aromatic rings. The Hall–Kier alpha value is -2.81. The van der Waals surface area contributed by atoms with E-state index in [0.717, 1.165) is 16.5 Å². The maximum absolute atomic E-state index is 12.9. The zero-order valence-corrected chi connectivity index (χ0v) is 16.8. The number of rotatable bonds is 4. The van der Waals surface area contributed by atoms with Gasteiger partial charge in [0.2, 0.25) is 10.0 Å². The Balaban J connectivity index is 1.62. The summed E-state index contributed by atoms with van der Waals surface area (Å²) >= 11 is 0. The fourth-order valence-electron chi connectivity index (χ4n) is 3.36. The predicted molar refractivity (Wildman–Crippen MR) is 110 cm³/mol. The molecule has 0 aliphatic carbocycles. The van der Waals surface area contributed by atoms with Gasteiger partial charge in [-0.15, -0.1) is 0 Å². The van der Waals surface area contributed by atoms with Gasteiger partial charge in [0.25, 0.3) is 5.91 Å². The van der Waals surface area contributed by atoms with Crippen LogP contribution >= 0.6 is 0 Å². The number of hydrogen-bond donors (Lipinski definition) is 1. The van der Waals surface area contributed by atoms with Crippen LogP contribution in [0.4, 0.5) is 5.69 Å². The van der Waals surface area contributed by atoms with E-state index in [0.29, 0.717) is 32.0 Å². The Morgan fingerprint density at radius 3 is 2.66 bits per heavy atom. The number of anilines is 1. The highest BCUT2D eigenvalue weighted by atomic mass is 32.2. The molecule has 1 aromatic heterocycles. The van der Waals surface area contributed by atoms with Gasteiger partial charge in [0.05, 0.1) is 29.3 Å². The van der Waals surface area contributed by atoms with Crippen molar-refractivity contribution < 1.29 is 17.9 Å². The van der Waals surface area contributed by atoms with E-state index < -0.39 is 10.0 Å². The predicted octanol–water partition coefficient (Wildman–Crippen LogP) is 2.82. The third kappa shape index (κ3) is 3.87. The van der Waals surface area contributed by atoms with E-state index in [2.05, 4.69) is 10.3 Å². The molecule has 2 heterocycles. The molecular formula is C21H21N3O4S. The summed E-state index contributed by atoms with van der Waals surface area (Å²) in [6.07, 6.45) is 1.64. The van der Waals surface area contributed by atoms with Gasteiger partial charge in [-0.25, -0.2) is 8.42 Å². The maximum Gasteiger partial charge on any atom is 0.255 e. The number of aryl methyl sites for hydroxylation is 1. The number of nitrogens with zero attached hydrogens (tertiary/aromatic N) is 2. The molecule has 8 heteroatoms. The molecule has 0 saturated carbocycles. The quantitative estimate of drug-likeness (QED) is 0.713. The molecule has 7 nitrogen and oxygen atoms in total. The first-order valence-corrected chi connectivity index (χ1v) is 10.7. The number of nitrogens with one attached hydrogen (secondary N) is 1. The van der Waals surface area contributed by atoms with Crippen LogP contribution in [0.2, 0.25) is 0 Å². The summed E-state index contributed by atoms with van der Waals surface area (Å²) in [7, 11) is -3.67. The monoisotopic (exact) mass is 411 g/mol. The fourth-order valence-corrected chi connectivity index (χ4v) is 4.82. The lowest BCUT2D eigenvalue weighted by molar-refractivity contribution is 0.0730. The number of fused-ring (bicyclic) bond motifs is 1. The molecule has 150 valence electrons. The highest BCUT2D eigenvalue weighted by Gasteiger charge is 2.27. The SMILES string of the molecule is Cc1cccc2c(NC(=O)c3cccc(S(=O)(=O)N4CCOCC4)c3)ccnc12. The zero-order chi connectivity index (χ0) is 20.4. The minimum Gasteiger partial charge on any atom is -0.379 e. The van der Waals surface area contributed by atoms with Gasteiger partial charge < -0.3 is 10.1 Å². The molecule has 2 aromatic carbocycles. The lowest BCUT2D eigenvalue weighted by atomic mass is 10.1. The number of amides is 1. The van der Waals surface area contributed by atoms with Crippen molar-refractivity contribution in [3.05, 3.63) is 65.9 Å². The number of pyridine rings is 1. The Bertz CT molecular complexity index is 1170. The van der Waals surface area contributed by atoms with Crippen molar-refractivity contribution in [3.8, 4) is 0 Å². The summed E-state index contributed by atoms with van der Waals surface area (Å²) < 4.78 is 32.3. The van der Waals surface area contributed by atoms with Gasteiger partial charge in [0, 0.05) is 30.2 Å². The topological polar surface area (TPSA) is 88.6 Å². The van der Waals surface area contributed by atoms with Crippen LogP contribution in [0.15, 0.2) is 59.6 Å². The Labute approximate surface area is 169 Å². The smallest absolute Gasteiger partial charge is 0.255 e. The average Bonchev–Trinajstić information content (AvgIpc) is 2.75. The van der Waals surface area contributed by atoms with E-state index >= 15 is 0 Å². The second-order valence-corrected chi connectivity index (χ2v) is 8.77. The molecule has 0 bridgehead atoms. The molecule has 1 N–H and O–H groups in total. The first-order valence-electron chi connectivity index (χ1n) is 9.30. The molecule has 1 amide bonds. The number of para-hydroxylation sites is 1. The second-order valence-electron chi connectivity index (χ2n) is 6.83. The van der Waals surface area contributed by atoms with Crippen molar-refractivity contribution in [1.29, 1.82) is 0 Å². The third-order valence-corrected chi connectivity index (χ3v) is 6.82. The number of carbonyl (C=O) groups excluding carboxylic acids is 1. The highest BCUT2D eigenvalue weighted by molar-refractivity contribution is 7.89. The van der Waals surface area contributed by atoms with E-state index in [4.69, 9.17) is 4.74 Å². The number of hydrogen-bond acceptors (Lipinski definition) is 5. The Kier molecular flexibility index (Phi) is 5.31. The van der Waals surface area contributed by atoms with Crippen molar-refractivity contribution in [3.63, 3.8) is 0 Å². The molecule has 4 rings (SSSR count). The molecule has 0 radical (unpaired) electrons. The molecule has 0 atom stereocenters. The Morgan fingerprint density at radius 2 is 1.86 bits per heavy atom. The summed E-state index contributed by atoms with van der Waals surface area (Å²) in [6, 6.07) is 13.6. The van der Waals surface area contributed by atoms with Gasteiger partial charge in [-0.05, 0) is 36.8 Å². The summed E-state index contributed by atoms with van der Waals surface area (Å²) in [5.41, 5.74) is 2.73. The van der Waals surface area contributed by atoms with Crippen LogP contribution in [0.25, 0.3) is 10.9 Å². The van der Waals surface area contributed by atoms with Crippen LogP contribution in [-0.2, 0) is 14.8 Å². The normalized spacial score (nSPS) is 15.3. The van der Waals surface area contributed by atoms with Crippen LogP contribution in [0.1, 0.15) is 15.9 Å². The van der Waals surface area contributed by atoms with Crippen LogP contribution in [0, 0.1) is 6.92 Å². The first kappa shape index (κ1) is 19.5. The van der Waals surface area contributed by atoms with Crippen LogP contribution in [0.3, 0.4) is 0 Å². The van der Waals surface area contributed by atoms with Gasteiger partial charge >= 0.3 is 0 Å². The van der Waals surface area contributed by atoms with E-state index in [1.165, 1.54) is 16.4 Å². The molecule has 0 unspecified atom stereocenters. The number of sulfonamides is 1. The van der Waals surface area contributed by atoms with Crippen molar-refractivity contribution in [1.82, 2.24) is 9.29 Å². The summed E-state index contributed by atoms with van der Waals surface area (Å²) in [6.45, 7) is 3.31. The van der Waals surface area contributed by atoms with E-state index in [1.807, 2.05) is 25.1 Å². The molecule has 1 aliphatic heterocycles. The molecule has 0 spiro atoms. The van der Waals surface area contributed by atoms with E-state index in [1.54, 1.807) is 24.4 Å². The minimum atomic E-state index is -3.67. The molecule has 1 fully saturated rings. The maximum atomic E-state index is 12.9. The largest absolute Gasteiger partial charge is 0.379 e. The fraction of sp³-hybridized carbons (Fsp3) is 0.238. The van der Waals surface area contributed by atoms with E-state index in [-0.39, 0.29) is 16.4 Å². The summed E-state index contributed by atoms with van der Waals surface area (Å²) in [5, 5.41) is 3.71. The van der Waals surface area contributed by atoms with Crippen LogP contribution in [0.5, 0.6) is 0 Å². The minimum absolute atomic E-state index is 0.0995. The van der Waals surface area contributed by atoms with Crippen molar-refractivity contribution in [2.75, 3.05) is 31.6 Å². The molecule has 29 heavy (non-hydrogen) atoms. The first-order chi connectivity index (χ1) is 14.0. The van der Waals surface area contributed by atoms with Crippen molar-refractivity contribution in [2.24, 2.45) is 0 Å². The second kappa shape index (κ2) is 7.90. The number of carbonyl (C=O) groups is 1. The zero-order valence-electron chi connectivity index (χ0n) is 16.0. The molecular weight excluding hydrogens is 390 g/mol. The standard InChI is InChI=1S/C21H21N3O4S/c1-15-4-2-7-18-19(8-9-22-20(15)18)23-21(25)16-5-3-6-17(14-16)29(26,27)24-10-12-28-13-11-24/h2-9,14H,10-13H2,1H3,(H,22,23,25). The average molecular weight is 411 g/mol. The lowest BCUT2D eigenvalue weighted by Gasteiger charge is -2.26. The van der Waals surface area contributed by atoms with Gasteiger partial charge in [-0.3, -0.25) is 9.78 Å². The number of morpholine rings is 1. The number of aromatic nitrogens is 1. The number of ether oxygens (including phenoxy) is 1. The summed E-state index contributed by atoms with van der Waals surface area (Å²) in [4.78, 5) is 17.3. The number of benzene rings is 2. The molecule has 1 saturated heterocycles. The van der Waals surface area contributed by atoms with Crippen LogP contribution in [-0.4, -0.2) is 49.9 Å². The van der Waals surface area contributed by atoms with Gasteiger partial charge in [0.1, 0.15) is 0 Å². The van der Waals surface area contributed by atoms with Crippen molar-refractivity contribution in [2.45, 2.75) is 11.8 Å². The van der Waals surface area contributed by atoms with Crippen molar-refractivity contribution >= 4 is 32.5 Å². The van der Waals surface area contributed by atoms with E-state index in [9.17, 15) is 13.2 Å². The highest BCUT2D eigenvalue weighted by Crippen LogP contribution is 2.25. The Morgan fingerprint density at radius 1 is 1.10 bits per heavy atom. The van der Waals surface area contributed by atoms with Gasteiger partial charge in [-0.2, -0.15) is 4.31 Å². The van der Waals surface area contributed by atoms with Crippen LogP contribution < -0.4 is 5.32 Å². The lowest BCUT2D eigenvalue weighted by Crippen LogP contribution is -2.40. The summed E-state index contributed by atoms with van der Waals surface area (Å²) in [5.74, 6) is -0.377.